The van der Waals surface area contributed by atoms with Gasteiger partial charge in [0.1, 0.15) is 4.90 Å². The van der Waals surface area contributed by atoms with Crippen LogP contribution in [-0.2, 0) is 10.0 Å². The molecule has 0 atom stereocenters. The molecule has 0 saturated carbocycles. The van der Waals surface area contributed by atoms with E-state index >= 15 is 0 Å². The van der Waals surface area contributed by atoms with Crippen molar-refractivity contribution >= 4 is 27.0 Å². The van der Waals surface area contributed by atoms with Gasteiger partial charge in [-0.05, 0) is 30.3 Å². The summed E-state index contributed by atoms with van der Waals surface area (Å²) in [4.78, 5) is 24.6. The number of rotatable bonds is 4. The van der Waals surface area contributed by atoms with Crippen molar-refractivity contribution < 1.29 is 22.0 Å². The number of pyridine rings is 1. The van der Waals surface area contributed by atoms with Gasteiger partial charge in [-0.25, -0.2) is 22.2 Å². The molecule has 29 heavy (non-hydrogen) atoms. The minimum Gasteiger partial charge on any atom is -0.337 e. The molecule has 1 N–H and O–H groups in total. The van der Waals surface area contributed by atoms with Crippen LogP contribution < -0.4 is 0 Å². The highest BCUT2D eigenvalue weighted by atomic mass is 32.2. The van der Waals surface area contributed by atoms with E-state index in [1.807, 2.05) is 0 Å². The molecule has 1 aliphatic rings. The largest absolute Gasteiger partial charge is 0.337 e. The first kappa shape index (κ1) is 19.4. The Kier molecular flexibility index (Phi) is 5.01. The van der Waals surface area contributed by atoms with Gasteiger partial charge in [0.05, 0.1) is 11.0 Å². The van der Waals surface area contributed by atoms with Gasteiger partial charge in [0.25, 0.3) is 12.3 Å². The smallest absolute Gasteiger partial charge is 0.295 e. The zero-order valence-corrected chi connectivity index (χ0v) is 15.9. The third-order valence-corrected chi connectivity index (χ3v) is 6.63. The summed E-state index contributed by atoms with van der Waals surface area (Å²) in [7, 11) is -3.66. The summed E-state index contributed by atoms with van der Waals surface area (Å²) in [5, 5.41) is 0. The summed E-state index contributed by atoms with van der Waals surface area (Å²) in [6.45, 7) is 0.763. The predicted molar refractivity (Wildman–Crippen MR) is 100.0 cm³/mol. The predicted octanol–water partition coefficient (Wildman–Crippen LogP) is 2.04. The fourth-order valence-electron chi connectivity index (χ4n) is 3.23. The Morgan fingerprint density at radius 1 is 1.14 bits per heavy atom. The molecule has 1 saturated heterocycles. The van der Waals surface area contributed by atoms with Crippen molar-refractivity contribution in [3.8, 4) is 0 Å². The van der Waals surface area contributed by atoms with Gasteiger partial charge in [-0.2, -0.15) is 4.31 Å². The lowest BCUT2D eigenvalue weighted by Crippen LogP contribution is -2.50. The highest BCUT2D eigenvalue weighted by Gasteiger charge is 2.30. The quantitative estimate of drug-likeness (QED) is 0.695. The molecule has 4 rings (SSSR count). The second-order valence-electron chi connectivity index (χ2n) is 6.54. The molecule has 11 heteroatoms. The van der Waals surface area contributed by atoms with E-state index in [2.05, 4.69) is 15.0 Å². The number of hydrogen-bond donors (Lipinski definition) is 1. The number of carbonyl (C=O) groups is 1. The molecule has 1 aromatic carbocycles. The van der Waals surface area contributed by atoms with E-state index in [9.17, 15) is 22.0 Å². The summed E-state index contributed by atoms with van der Waals surface area (Å²) in [5.41, 5.74) is 1.03. The average molecular weight is 421 g/mol. The van der Waals surface area contributed by atoms with Crippen molar-refractivity contribution in [1.29, 1.82) is 0 Å². The Bertz CT molecular complexity index is 1140. The van der Waals surface area contributed by atoms with E-state index in [0.717, 1.165) is 0 Å². The first-order chi connectivity index (χ1) is 13.9. The number of hydrogen-bond acceptors (Lipinski definition) is 5. The van der Waals surface area contributed by atoms with E-state index in [4.69, 9.17) is 0 Å². The van der Waals surface area contributed by atoms with Crippen LogP contribution in [0.4, 0.5) is 8.78 Å². The zero-order chi connectivity index (χ0) is 20.6. The number of alkyl halides is 2. The highest BCUT2D eigenvalue weighted by molar-refractivity contribution is 7.89. The first-order valence-electron chi connectivity index (χ1n) is 8.83. The summed E-state index contributed by atoms with van der Waals surface area (Å²) >= 11 is 0. The summed E-state index contributed by atoms with van der Waals surface area (Å²) < 4.78 is 52.2. The summed E-state index contributed by atoms with van der Waals surface area (Å²) in [6.07, 6.45) is 0.0627. The molecule has 2 aromatic heterocycles. The number of nitrogens with one attached hydrogen (secondary N) is 1. The van der Waals surface area contributed by atoms with Gasteiger partial charge in [0, 0.05) is 44.1 Å². The number of amides is 1. The molecule has 0 radical (unpaired) electrons. The standard InChI is InChI=1S/C18H17F2N5O3S/c19-16(20)17-22-14-4-3-12(10-15(14)23-17)18(26)24-6-8-25(9-7-24)29(27,28)13-2-1-5-21-11-13/h1-5,10-11,16H,6-9H2,(H,22,23). The number of aromatic amines is 1. The molecule has 3 heterocycles. The molecule has 0 spiro atoms. The van der Waals surface area contributed by atoms with Crippen LogP contribution in [0.3, 0.4) is 0 Å². The van der Waals surface area contributed by atoms with Crippen molar-refractivity contribution in [2.75, 3.05) is 26.2 Å². The minimum absolute atomic E-state index is 0.110. The molecule has 1 fully saturated rings. The van der Waals surface area contributed by atoms with Crippen LogP contribution in [0.5, 0.6) is 0 Å². The third kappa shape index (κ3) is 3.70. The molecule has 0 bridgehead atoms. The second-order valence-corrected chi connectivity index (χ2v) is 8.48. The van der Waals surface area contributed by atoms with Gasteiger partial charge in [0.2, 0.25) is 10.0 Å². The first-order valence-corrected chi connectivity index (χ1v) is 10.3. The number of halogens is 2. The Labute approximate surface area is 165 Å². The van der Waals surface area contributed by atoms with Crippen molar-refractivity contribution in [1.82, 2.24) is 24.2 Å². The van der Waals surface area contributed by atoms with E-state index in [0.29, 0.717) is 16.6 Å². The number of aromatic nitrogens is 3. The van der Waals surface area contributed by atoms with Crippen LogP contribution in [0.25, 0.3) is 11.0 Å². The van der Waals surface area contributed by atoms with Crippen LogP contribution in [0, 0.1) is 0 Å². The van der Waals surface area contributed by atoms with Crippen molar-refractivity contribution in [3.05, 3.63) is 54.1 Å². The third-order valence-electron chi connectivity index (χ3n) is 4.75. The molecule has 0 aliphatic carbocycles. The second kappa shape index (κ2) is 7.48. The van der Waals surface area contributed by atoms with Crippen molar-refractivity contribution in [3.63, 3.8) is 0 Å². The van der Waals surface area contributed by atoms with Crippen LogP contribution in [-0.4, -0.2) is 64.7 Å². The number of fused-ring (bicyclic) bond motifs is 1. The Hall–Kier alpha value is -2.92. The van der Waals surface area contributed by atoms with Gasteiger partial charge >= 0.3 is 0 Å². The number of piperazine rings is 1. The molecular formula is C18H17F2N5O3S. The van der Waals surface area contributed by atoms with Gasteiger partial charge in [0.15, 0.2) is 5.82 Å². The number of imidazole rings is 1. The van der Waals surface area contributed by atoms with E-state index in [1.165, 1.54) is 41.0 Å². The fraction of sp³-hybridized carbons (Fsp3) is 0.278. The molecule has 1 amide bonds. The molecule has 152 valence electrons. The van der Waals surface area contributed by atoms with Crippen LogP contribution in [0.1, 0.15) is 22.6 Å². The maximum atomic E-state index is 12.8. The molecule has 3 aromatic rings. The van der Waals surface area contributed by atoms with Crippen molar-refractivity contribution in [2.45, 2.75) is 11.3 Å². The summed E-state index contributed by atoms with van der Waals surface area (Å²) in [5.74, 6) is -0.739. The lowest BCUT2D eigenvalue weighted by molar-refractivity contribution is 0.0698. The van der Waals surface area contributed by atoms with E-state index < -0.39 is 22.3 Å². The maximum Gasteiger partial charge on any atom is 0.295 e. The van der Waals surface area contributed by atoms with E-state index in [1.54, 1.807) is 11.0 Å². The minimum atomic E-state index is -3.66. The molecule has 8 nitrogen and oxygen atoms in total. The average Bonchev–Trinajstić information content (AvgIpc) is 3.18. The zero-order valence-electron chi connectivity index (χ0n) is 15.1. The van der Waals surface area contributed by atoms with Gasteiger partial charge < -0.3 is 9.88 Å². The Balaban J connectivity index is 1.47. The number of sulfonamides is 1. The Morgan fingerprint density at radius 3 is 2.55 bits per heavy atom. The molecular weight excluding hydrogens is 404 g/mol. The molecule has 0 unspecified atom stereocenters. The number of H-pyrrole nitrogens is 1. The number of carbonyl (C=O) groups excluding carboxylic acids is 1. The van der Waals surface area contributed by atoms with Crippen molar-refractivity contribution in [2.24, 2.45) is 0 Å². The monoisotopic (exact) mass is 421 g/mol. The lowest BCUT2D eigenvalue weighted by atomic mass is 10.1. The SMILES string of the molecule is O=C(c1ccc2nc(C(F)F)[nH]c2c1)N1CCN(S(=O)(=O)c2cccnc2)CC1. The van der Waals surface area contributed by atoms with E-state index in [-0.39, 0.29) is 37.0 Å². The molecule has 1 aliphatic heterocycles. The highest BCUT2D eigenvalue weighted by Crippen LogP contribution is 2.22. The van der Waals surface area contributed by atoms with Crippen LogP contribution in [0.15, 0.2) is 47.6 Å². The van der Waals surface area contributed by atoms with Gasteiger partial charge in [-0.3, -0.25) is 9.78 Å². The Morgan fingerprint density at radius 2 is 1.90 bits per heavy atom. The van der Waals surface area contributed by atoms with Gasteiger partial charge in [-0.15, -0.1) is 0 Å². The lowest BCUT2D eigenvalue weighted by Gasteiger charge is -2.34. The normalized spacial score (nSPS) is 15.9. The number of nitrogens with zero attached hydrogens (tertiary/aromatic N) is 4. The number of benzene rings is 1. The maximum absolute atomic E-state index is 12.8. The van der Waals surface area contributed by atoms with Crippen LogP contribution in [0.2, 0.25) is 0 Å². The fourth-order valence-corrected chi connectivity index (χ4v) is 4.62. The van der Waals surface area contributed by atoms with Gasteiger partial charge in [-0.1, -0.05) is 0 Å². The van der Waals surface area contributed by atoms with Crippen LogP contribution >= 0.6 is 0 Å². The summed E-state index contributed by atoms with van der Waals surface area (Å²) in [6, 6.07) is 7.55. The topological polar surface area (TPSA) is 99.3 Å².